The van der Waals surface area contributed by atoms with Gasteiger partial charge < -0.3 is 10.6 Å². The summed E-state index contributed by atoms with van der Waals surface area (Å²) in [4.78, 5) is 2.55. The summed E-state index contributed by atoms with van der Waals surface area (Å²) in [5.41, 5.74) is 0.545. The molecule has 1 aliphatic heterocycles. The van der Waals surface area contributed by atoms with Gasteiger partial charge in [0.2, 0.25) is 0 Å². The largest absolute Gasteiger partial charge is 0.314 e. The Labute approximate surface area is 93.6 Å². The van der Waals surface area contributed by atoms with E-state index in [0.29, 0.717) is 5.41 Å². The lowest BCUT2D eigenvalue weighted by molar-refractivity contribution is 0.105. The van der Waals surface area contributed by atoms with Gasteiger partial charge in [0.25, 0.3) is 0 Å². The van der Waals surface area contributed by atoms with Crippen molar-refractivity contribution in [1.82, 2.24) is 15.5 Å². The predicted molar refractivity (Wildman–Crippen MR) is 64.1 cm³/mol. The van der Waals surface area contributed by atoms with Gasteiger partial charge in [-0.05, 0) is 18.3 Å². The first-order valence-corrected chi connectivity index (χ1v) is 6.35. The Morgan fingerprint density at radius 3 is 2.60 bits per heavy atom. The quantitative estimate of drug-likeness (QED) is 0.716. The second-order valence-corrected chi connectivity index (χ2v) is 5.63. The molecule has 0 aromatic carbocycles. The van der Waals surface area contributed by atoms with E-state index in [1.165, 1.54) is 32.5 Å². The van der Waals surface area contributed by atoms with E-state index in [9.17, 15) is 0 Å². The third-order valence-corrected chi connectivity index (χ3v) is 4.05. The van der Waals surface area contributed by atoms with Crippen molar-refractivity contribution in [2.45, 2.75) is 32.7 Å². The number of nitrogens with one attached hydrogen (secondary N) is 2. The SMILES string of the molecule is CC1(C)CCC1NCCN1CCNCC1. The van der Waals surface area contributed by atoms with E-state index < -0.39 is 0 Å². The van der Waals surface area contributed by atoms with Gasteiger partial charge in [-0.3, -0.25) is 4.90 Å². The van der Waals surface area contributed by atoms with Gasteiger partial charge in [0, 0.05) is 45.3 Å². The summed E-state index contributed by atoms with van der Waals surface area (Å²) in [7, 11) is 0. The lowest BCUT2D eigenvalue weighted by Crippen LogP contribution is -2.52. The summed E-state index contributed by atoms with van der Waals surface area (Å²) in [6.07, 6.45) is 2.76. The average molecular weight is 211 g/mol. The molecule has 3 heteroatoms. The average Bonchev–Trinajstić information content (AvgIpc) is 2.24. The Morgan fingerprint density at radius 1 is 1.33 bits per heavy atom. The summed E-state index contributed by atoms with van der Waals surface area (Å²) >= 11 is 0. The highest BCUT2D eigenvalue weighted by Crippen LogP contribution is 2.39. The highest BCUT2D eigenvalue weighted by molar-refractivity contribution is 4.94. The van der Waals surface area contributed by atoms with Crippen molar-refractivity contribution in [2.24, 2.45) is 5.41 Å². The lowest BCUT2D eigenvalue weighted by Gasteiger charge is -2.45. The molecule has 0 aromatic heterocycles. The zero-order valence-corrected chi connectivity index (χ0v) is 10.2. The second kappa shape index (κ2) is 4.81. The molecule has 88 valence electrons. The first kappa shape index (κ1) is 11.4. The summed E-state index contributed by atoms with van der Waals surface area (Å²) < 4.78 is 0. The van der Waals surface area contributed by atoms with Crippen molar-refractivity contribution < 1.29 is 0 Å². The Balaban J connectivity index is 1.58. The van der Waals surface area contributed by atoms with Gasteiger partial charge >= 0.3 is 0 Å². The van der Waals surface area contributed by atoms with Crippen LogP contribution in [0.3, 0.4) is 0 Å². The molecule has 2 rings (SSSR count). The zero-order valence-electron chi connectivity index (χ0n) is 10.2. The van der Waals surface area contributed by atoms with E-state index in [-0.39, 0.29) is 0 Å². The van der Waals surface area contributed by atoms with Gasteiger partial charge in [0.05, 0.1) is 0 Å². The van der Waals surface area contributed by atoms with Crippen LogP contribution in [0.15, 0.2) is 0 Å². The van der Waals surface area contributed by atoms with Crippen molar-refractivity contribution in [3.05, 3.63) is 0 Å². The fourth-order valence-corrected chi connectivity index (χ4v) is 2.58. The van der Waals surface area contributed by atoms with Crippen LogP contribution in [0.4, 0.5) is 0 Å². The van der Waals surface area contributed by atoms with Gasteiger partial charge in [0.1, 0.15) is 0 Å². The third-order valence-electron chi connectivity index (χ3n) is 4.05. The van der Waals surface area contributed by atoms with E-state index in [2.05, 4.69) is 29.4 Å². The summed E-state index contributed by atoms with van der Waals surface area (Å²) in [5.74, 6) is 0. The minimum atomic E-state index is 0.545. The maximum atomic E-state index is 3.69. The Bertz CT molecular complexity index is 197. The molecule has 1 aliphatic carbocycles. The molecule has 3 nitrogen and oxygen atoms in total. The van der Waals surface area contributed by atoms with E-state index in [4.69, 9.17) is 0 Å². The molecule has 1 saturated heterocycles. The molecule has 1 saturated carbocycles. The highest BCUT2D eigenvalue weighted by atomic mass is 15.2. The van der Waals surface area contributed by atoms with Gasteiger partial charge in [0.15, 0.2) is 0 Å². The van der Waals surface area contributed by atoms with E-state index in [1.807, 2.05) is 0 Å². The molecule has 2 fully saturated rings. The first-order chi connectivity index (χ1) is 7.18. The van der Waals surface area contributed by atoms with Crippen LogP contribution < -0.4 is 10.6 Å². The molecular formula is C12H25N3. The maximum absolute atomic E-state index is 3.69. The fourth-order valence-electron chi connectivity index (χ4n) is 2.58. The molecule has 0 bridgehead atoms. The molecule has 1 heterocycles. The molecule has 1 atom stereocenters. The zero-order chi connectivity index (χ0) is 10.7. The minimum absolute atomic E-state index is 0.545. The summed E-state index contributed by atoms with van der Waals surface area (Å²) in [5, 5.41) is 7.08. The van der Waals surface area contributed by atoms with Crippen LogP contribution in [0.1, 0.15) is 26.7 Å². The van der Waals surface area contributed by atoms with Crippen molar-refractivity contribution in [2.75, 3.05) is 39.3 Å². The summed E-state index contributed by atoms with van der Waals surface area (Å²) in [6.45, 7) is 11.9. The molecule has 0 radical (unpaired) electrons. The Hall–Kier alpha value is -0.120. The molecule has 0 amide bonds. The van der Waals surface area contributed by atoms with Crippen molar-refractivity contribution in [3.63, 3.8) is 0 Å². The van der Waals surface area contributed by atoms with Crippen molar-refractivity contribution >= 4 is 0 Å². The van der Waals surface area contributed by atoms with Crippen LogP contribution in [0.5, 0.6) is 0 Å². The summed E-state index contributed by atoms with van der Waals surface area (Å²) in [6, 6.07) is 0.764. The normalized spacial score (nSPS) is 31.2. The van der Waals surface area contributed by atoms with Gasteiger partial charge in [-0.15, -0.1) is 0 Å². The standard InChI is InChI=1S/C12H25N3/c1-12(2)4-3-11(12)14-7-10-15-8-5-13-6-9-15/h11,13-14H,3-10H2,1-2H3. The Kier molecular flexibility index (Phi) is 3.65. The van der Waals surface area contributed by atoms with Crippen LogP contribution >= 0.6 is 0 Å². The molecule has 2 N–H and O–H groups in total. The highest BCUT2D eigenvalue weighted by Gasteiger charge is 2.37. The van der Waals surface area contributed by atoms with Crippen molar-refractivity contribution in [1.29, 1.82) is 0 Å². The topological polar surface area (TPSA) is 27.3 Å². The molecular weight excluding hydrogens is 186 g/mol. The van der Waals surface area contributed by atoms with E-state index >= 15 is 0 Å². The van der Waals surface area contributed by atoms with Gasteiger partial charge in [-0.25, -0.2) is 0 Å². The molecule has 0 aromatic rings. The van der Waals surface area contributed by atoms with E-state index in [1.54, 1.807) is 0 Å². The fraction of sp³-hybridized carbons (Fsp3) is 1.00. The minimum Gasteiger partial charge on any atom is -0.314 e. The van der Waals surface area contributed by atoms with Crippen LogP contribution in [0, 0.1) is 5.41 Å². The monoisotopic (exact) mass is 211 g/mol. The molecule has 2 aliphatic rings. The van der Waals surface area contributed by atoms with Crippen LogP contribution in [0.25, 0.3) is 0 Å². The predicted octanol–water partition coefficient (Wildman–Crippen LogP) is 0.670. The third kappa shape index (κ3) is 2.92. The van der Waals surface area contributed by atoms with Gasteiger partial charge in [-0.2, -0.15) is 0 Å². The molecule has 1 unspecified atom stereocenters. The number of hydrogen-bond acceptors (Lipinski definition) is 3. The first-order valence-electron chi connectivity index (χ1n) is 6.35. The smallest absolute Gasteiger partial charge is 0.0119 e. The second-order valence-electron chi connectivity index (χ2n) is 5.63. The lowest BCUT2D eigenvalue weighted by atomic mass is 9.67. The maximum Gasteiger partial charge on any atom is 0.0119 e. The number of nitrogens with zero attached hydrogens (tertiary/aromatic N) is 1. The van der Waals surface area contributed by atoms with Crippen molar-refractivity contribution in [3.8, 4) is 0 Å². The molecule has 15 heavy (non-hydrogen) atoms. The number of rotatable bonds is 4. The Morgan fingerprint density at radius 2 is 2.07 bits per heavy atom. The number of hydrogen-bond donors (Lipinski definition) is 2. The van der Waals surface area contributed by atoms with Crippen LogP contribution in [0.2, 0.25) is 0 Å². The van der Waals surface area contributed by atoms with Gasteiger partial charge in [-0.1, -0.05) is 13.8 Å². The van der Waals surface area contributed by atoms with E-state index in [0.717, 1.165) is 25.7 Å². The van der Waals surface area contributed by atoms with Crippen LogP contribution in [-0.2, 0) is 0 Å². The molecule has 0 spiro atoms. The number of piperazine rings is 1. The van der Waals surface area contributed by atoms with Crippen LogP contribution in [-0.4, -0.2) is 50.2 Å².